The van der Waals surface area contributed by atoms with E-state index in [9.17, 15) is 9.18 Å². The van der Waals surface area contributed by atoms with Crippen LogP contribution < -0.4 is 5.32 Å². The van der Waals surface area contributed by atoms with Crippen molar-refractivity contribution in [3.8, 4) is 0 Å². The highest BCUT2D eigenvalue weighted by Gasteiger charge is 2.12. The van der Waals surface area contributed by atoms with Gasteiger partial charge in [0.1, 0.15) is 11.4 Å². The maximum atomic E-state index is 13.2. The van der Waals surface area contributed by atoms with Gasteiger partial charge in [-0.15, -0.1) is 0 Å². The molecule has 1 aromatic carbocycles. The van der Waals surface area contributed by atoms with Gasteiger partial charge in [-0.05, 0) is 24.3 Å². The average Bonchev–Trinajstić information content (AvgIpc) is 2.82. The van der Waals surface area contributed by atoms with Crippen molar-refractivity contribution in [2.75, 3.05) is 5.32 Å². The Morgan fingerprint density at radius 2 is 2.10 bits per heavy atom. The number of fused-ring (bicyclic) bond motifs is 1. The number of furan rings is 1. The number of benzene rings is 1. The first-order chi connectivity index (χ1) is 9.72. The van der Waals surface area contributed by atoms with Crippen LogP contribution in [-0.4, -0.2) is 15.9 Å². The molecule has 2 aromatic heterocycles. The van der Waals surface area contributed by atoms with E-state index >= 15 is 0 Å². The molecular formula is C14H10FN3O2. The van der Waals surface area contributed by atoms with E-state index < -0.39 is 0 Å². The Balaban J connectivity index is 1.79. The van der Waals surface area contributed by atoms with Crippen LogP contribution in [0.25, 0.3) is 11.0 Å². The molecule has 20 heavy (non-hydrogen) atoms. The minimum absolute atomic E-state index is 0.0642. The number of amides is 1. The van der Waals surface area contributed by atoms with Gasteiger partial charge in [0.25, 0.3) is 0 Å². The quantitative estimate of drug-likeness (QED) is 0.794. The third-order valence-electron chi connectivity index (χ3n) is 2.78. The van der Waals surface area contributed by atoms with Crippen LogP contribution >= 0.6 is 0 Å². The highest BCUT2D eigenvalue weighted by molar-refractivity contribution is 5.94. The van der Waals surface area contributed by atoms with Gasteiger partial charge in [-0.1, -0.05) is 0 Å². The van der Waals surface area contributed by atoms with Crippen LogP contribution in [0.5, 0.6) is 0 Å². The van der Waals surface area contributed by atoms with Gasteiger partial charge in [-0.25, -0.2) is 14.4 Å². The summed E-state index contributed by atoms with van der Waals surface area (Å²) in [4.78, 5) is 19.7. The van der Waals surface area contributed by atoms with E-state index in [-0.39, 0.29) is 24.1 Å². The second-order valence-corrected chi connectivity index (χ2v) is 4.20. The maximum Gasteiger partial charge on any atom is 0.231 e. The minimum Gasteiger partial charge on any atom is -0.464 e. The van der Waals surface area contributed by atoms with Gasteiger partial charge in [0.15, 0.2) is 0 Å². The van der Waals surface area contributed by atoms with Crippen LogP contribution in [0.4, 0.5) is 10.3 Å². The highest BCUT2D eigenvalue weighted by Crippen LogP contribution is 2.22. The lowest BCUT2D eigenvalue weighted by Crippen LogP contribution is -2.15. The van der Waals surface area contributed by atoms with Crippen molar-refractivity contribution in [2.45, 2.75) is 6.42 Å². The van der Waals surface area contributed by atoms with E-state index in [0.29, 0.717) is 16.5 Å². The number of halogens is 1. The molecule has 1 amide bonds. The average molecular weight is 271 g/mol. The van der Waals surface area contributed by atoms with Gasteiger partial charge in [-0.2, -0.15) is 0 Å². The molecule has 0 bridgehead atoms. The lowest BCUT2D eigenvalue weighted by Gasteiger charge is -2.01. The minimum atomic E-state index is -0.369. The number of hydrogen-bond acceptors (Lipinski definition) is 4. The van der Waals surface area contributed by atoms with Crippen molar-refractivity contribution >= 4 is 22.8 Å². The summed E-state index contributed by atoms with van der Waals surface area (Å²) in [5.74, 6) is -0.424. The molecule has 0 unspecified atom stereocenters. The molecule has 0 spiro atoms. The summed E-state index contributed by atoms with van der Waals surface area (Å²) in [6.07, 6.45) is 4.58. The van der Waals surface area contributed by atoms with Gasteiger partial charge >= 0.3 is 0 Å². The molecule has 100 valence electrons. The van der Waals surface area contributed by atoms with Gasteiger partial charge in [0.05, 0.1) is 12.7 Å². The number of carbonyl (C=O) groups excluding carboxylic acids is 1. The van der Waals surface area contributed by atoms with Crippen LogP contribution in [0.1, 0.15) is 5.56 Å². The third-order valence-corrected chi connectivity index (χ3v) is 2.78. The SMILES string of the molecule is O=C(Cc1coc2ccc(F)cc12)Nc1ncccn1. The second-order valence-electron chi connectivity index (χ2n) is 4.20. The number of rotatable bonds is 3. The molecule has 0 aliphatic carbocycles. The van der Waals surface area contributed by atoms with E-state index in [2.05, 4.69) is 15.3 Å². The normalized spacial score (nSPS) is 10.7. The van der Waals surface area contributed by atoms with Crippen molar-refractivity contribution in [1.82, 2.24) is 9.97 Å². The molecule has 5 nitrogen and oxygen atoms in total. The second kappa shape index (κ2) is 5.08. The van der Waals surface area contributed by atoms with Crippen LogP contribution in [-0.2, 0) is 11.2 Å². The van der Waals surface area contributed by atoms with Crippen molar-refractivity contribution < 1.29 is 13.6 Å². The summed E-state index contributed by atoms with van der Waals surface area (Å²) >= 11 is 0. The summed E-state index contributed by atoms with van der Waals surface area (Å²) in [5, 5.41) is 3.15. The molecule has 2 heterocycles. The Bertz CT molecular complexity index is 755. The predicted molar refractivity (Wildman–Crippen MR) is 70.5 cm³/mol. The summed E-state index contributed by atoms with van der Waals surface area (Å²) in [6.45, 7) is 0. The van der Waals surface area contributed by atoms with Crippen molar-refractivity contribution in [2.24, 2.45) is 0 Å². The predicted octanol–water partition coefficient (Wildman–Crippen LogP) is 2.54. The molecule has 0 aliphatic heterocycles. The zero-order valence-electron chi connectivity index (χ0n) is 10.3. The molecule has 3 rings (SSSR count). The first kappa shape index (κ1) is 12.3. The zero-order valence-corrected chi connectivity index (χ0v) is 10.3. The van der Waals surface area contributed by atoms with Crippen LogP contribution in [0, 0.1) is 5.82 Å². The number of aromatic nitrogens is 2. The molecule has 0 saturated heterocycles. The first-order valence-electron chi connectivity index (χ1n) is 5.95. The van der Waals surface area contributed by atoms with Crippen LogP contribution in [0.2, 0.25) is 0 Å². The standard InChI is InChI=1S/C14H10FN3O2/c15-10-2-3-12-11(7-10)9(8-20-12)6-13(19)18-14-16-4-1-5-17-14/h1-5,7-8H,6H2,(H,16,17,18,19). The molecule has 6 heteroatoms. The Morgan fingerprint density at radius 1 is 1.30 bits per heavy atom. The van der Waals surface area contributed by atoms with Gasteiger partial charge in [0, 0.05) is 23.3 Å². The molecule has 0 radical (unpaired) electrons. The summed E-state index contributed by atoms with van der Waals surface area (Å²) < 4.78 is 18.5. The maximum absolute atomic E-state index is 13.2. The monoisotopic (exact) mass is 271 g/mol. The van der Waals surface area contributed by atoms with Gasteiger partial charge in [0.2, 0.25) is 11.9 Å². The molecule has 0 fully saturated rings. The highest BCUT2D eigenvalue weighted by atomic mass is 19.1. The van der Waals surface area contributed by atoms with Crippen molar-refractivity contribution in [1.29, 1.82) is 0 Å². The fraction of sp³-hybridized carbons (Fsp3) is 0.0714. The van der Waals surface area contributed by atoms with Crippen LogP contribution in [0.15, 0.2) is 47.3 Å². The lowest BCUT2D eigenvalue weighted by atomic mass is 10.1. The van der Waals surface area contributed by atoms with Crippen LogP contribution in [0.3, 0.4) is 0 Å². The summed E-state index contributed by atoms with van der Waals surface area (Å²) in [5.41, 5.74) is 1.16. The molecule has 0 atom stereocenters. The Morgan fingerprint density at radius 3 is 2.90 bits per heavy atom. The number of carbonyl (C=O) groups is 1. The number of nitrogens with zero attached hydrogens (tertiary/aromatic N) is 2. The molecule has 1 N–H and O–H groups in total. The van der Waals surface area contributed by atoms with E-state index in [1.807, 2.05) is 0 Å². The smallest absolute Gasteiger partial charge is 0.231 e. The number of hydrogen-bond donors (Lipinski definition) is 1. The zero-order chi connectivity index (χ0) is 13.9. The van der Waals surface area contributed by atoms with E-state index in [1.54, 1.807) is 6.07 Å². The molecule has 3 aromatic rings. The molecule has 0 saturated carbocycles. The van der Waals surface area contributed by atoms with E-state index in [4.69, 9.17) is 4.42 Å². The Labute approximate surface area is 113 Å². The van der Waals surface area contributed by atoms with Crippen molar-refractivity contribution in [3.05, 3.63) is 54.3 Å². The fourth-order valence-electron chi connectivity index (χ4n) is 1.90. The topological polar surface area (TPSA) is 68.0 Å². The largest absolute Gasteiger partial charge is 0.464 e. The Hall–Kier alpha value is -2.76. The third kappa shape index (κ3) is 2.49. The molecule has 0 aliphatic rings. The van der Waals surface area contributed by atoms with Gasteiger partial charge in [-0.3, -0.25) is 10.1 Å². The van der Waals surface area contributed by atoms with E-state index in [0.717, 1.165) is 0 Å². The molecular weight excluding hydrogens is 261 g/mol. The fourth-order valence-corrected chi connectivity index (χ4v) is 1.90. The summed E-state index contributed by atoms with van der Waals surface area (Å²) in [7, 11) is 0. The number of anilines is 1. The number of nitrogens with one attached hydrogen (secondary N) is 1. The van der Waals surface area contributed by atoms with Gasteiger partial charge < -0.3 is 4.42 Å². The lowest BCUT2D eigenvalue weighted by molar-refractivity contribution is -0.115. The van der Waals surface area contributed by atoms with E-state index in [1.165, 1.54) is 36.9 Å². The summed E-state index contributed by atoms with van der Waals surface area (Å²) in [6, 6.07) is 5.85. The van der Waals surface area contributed by atoms with Crippen molar-refractivity contribution in [3.63, 3.8) is 0 Å². The first-order valence-corrected chi connectivity index (χ1v) is 5.95. The Kier molecular flexibility index (Phi) is 3.12.